The molecule has 0 aromatic heterocycles. The van der Waals surface area contributed by atoms with Gasteiger partial charge in [0.05, 0.1) is 5.92 Å². The average molecular weight is 418 g/mol. The second-order valence-corrected chi connectivity index (χ2v) is 9.22. The molecule has 0 saturated heterocycles. The number of aliphatic hydroxyl groups is 1. The Morgan fingerprint density at radius 1 is 1.03 bits per heavy atom. The van der Waals surface area contributed by atoms with Gasteiger partial charge >= 0.3 is 12.1 Å². The SMILES string of the molecule is CC(C)(C)OC(=O)OC1(O)C=C(C(N)C(=O)OC(C)(C)C)C=CC1c1ccccc1. The van der Waals surface area contributed by atoms with Crippen LogP contribution in [0.4, 0.5) is 4.79 Å². The Morgan fingerprint density at radius 2 is 1.60 bits per heavy atom. The van der Waals surface area contributed by atoms with E-state index in [0.29, 0.717) is 5.56 Å². The number of benzene rings is 1. The molecular weight excluding hydrogens is 386 g/mol. The fourth-order valence-corrected chi connectivity index (χ4v) is 2.92. The molecule has 30 heavy (non-hydrogen) atoms. The van der Waals surface area contributed by atoms with Crippen LogP contribution in [-0.4, -0.2) is 40.3 Å². The molecule has 7 nitrogen and oxygen atoms in total. The predicted octanol–water partition coefficient (Wildman–Crippen LogP) is 3.58. The van der Waals surface area contributed by atoms with Crippen molar-refractivity contribution in [2.24, 2.45) is 5.73 Å². The summed E-state index contributed by atoms with van der Waals surface area (Å²) >= 11 is 0. The van der Waals surface area contributed by atoms with Crippen molar-refractivity contribution < 1.29 is 28.9 Å². The summed E-state index contributed by atoms with van der Waals surface area (Å²) < 4.78 is 15.9. The van der Waals surface area contributed by atoms with Crippen LogP contribution in [0, 0.1) is 0 Å². The third-order valence-corrected chi connectivity index (χ3v) is 4.12. The van der Waals surface area contributed by atoms with Crippen LogP contribution in [0.15, 0.2) is 54.1 Å². The van der Waals surface area contributed by atoms with Crippen molar-refractivity contribution >= 4 is 12.1 Å². The summed E-state index contributed by atoms with van der Waals surface area (Å²) in [6.45, 7) is 10.3. The van der Waals surface area contributed by atoms with Crippen molar-refractivity contribution in [1.29, 1.82) is 0 Å². The van der Waals surface area contributed by atoms with Gasteiger partial charge in [-0.05, 0) is 58.8 Å². The van der Waals surface area contributed by atoms with Crippen LogP contribution in [-0.2, 0) is 19.0 Å². The highest BCUT2D eigenvalue weighted by Crippen LogP contribution is 2.38. The smallest absolute Gasteiger partial charge is 0.459 e. The standard InChI is InChI=1S/C23H31NO6/c1-21(2,3)28-19(25)18(24)16-12-13-17(15-10-8-7-9-11-15)23(27,14-16)30-20(26)29-22(4,5)6/h7-14,17-18,27H,24H2,1-6H3. The van der Waals surface area contributed by atoms with Crippen molar-refractivity contribution in [3.05, 3.63) is 59.7 Å². The average Bonchev–Trinajstić information content (AvgIpc) is 2.58. The molecule has 3 atom stereocenters. The lowest BCUT2D eigenvalue weighted by molar-refractivity contribution is -0.160. The number of carbonyl (C=O) groups excluding carboxylic acids is 2. The molecule has 3 N–H and O–H groups in total. The van der Waals surface area contributed by atoms with Crippen LogP contribution in [0.3, 0.4) is 0 Å². The van der Waals surface area contributed by atoms with Gasteiger partial charge in [-0.25, -0.2) is 9.59 Å². The molecule has 1 aliphatic carbocycles. The molecule has 0 fully saturated rings. The van der Waals surface area contributed by atoms with E-state index in [4.69, 9.17) is 19.9 Å². The quantitative estimate of drug-likeness (QED) is 0.569. The van der Waals surface area contributed by atoms with Crippen LogP contribution in [0.1, 0.15) is 53.0 Å². The molecule has 1 aromatic carbocycles. The zero-order valence-electron chi connectivity index (χ0n) is 18.3. The number of carbonyl (C=O) groups is 2. The van der Waals surface area contributed by atoms with E-state index in [1.165, 1.54) is 6.08 Å². The second kappa shape index (κ2) is 8.62. The maximum absolute atomic E-state index is 12.4. The third kappa shape index (κ3) is 6.43. The van der Waals surface area contributed by atoms with Gasteiger partial charge in [0, 0.05) is 0 Å². The zero-order valence-corrected chi connectivity index (χ0v) is 18.3. The van der Waals surface area contributed by atoms with E-state index in [2.05, 4.69) is 0 Å². The molecule has 1 aliphatic rings. The summed E-state index contributed by atoms with van der Waals surface area (Å²) in [5, 5.41) is 11.3. The number of hydrogen-bond acceptors (Lipinski definition) is 7. The van der Waals surface area contributed by atoms with Crippen LogP contribution in [0.2, 0.25) is 0 Å². The van der Waals surface area contributed by atoms with Crippen molar-refractivity contribution in [2.45, 2.75) is 70.5 Å². The Morgan fingerprint density at radius 3 is 2.13 bits per heavy atom. The van der Waals surface area contributed by atoms with Crippen molar-refractivity contribution in [3.8, 4) is 0 Å². The lowest BCUT2D eigenvalue weighted by Gasteiger charge is -2.35. The van der Waals surface area contributed by atoms with Gasteiger partial charge in [-0.3, -0.25) is 0 Å². The van der Waals surface area contributed by atoms with E-state index in [9.17, 15) is 14.7 Å². The molecule has 0 bridgehead atoms. The molecule has 0 aliphatic heterocycles. The van der Waals surface area contributed by atoms with Gasteiger partial charge in [0.25, 0.3) is 0 Å². The lowest BCUT2D eigenvalue weighted by atomic mass is 9.83. The first-order chi connectivity index (χ1) is 13.7. The largest absolute Gasteiger partial charge is 0.511 e. The highest BCUT2D eigenvalue weighted by Gasteiger charge is 2.43. The van der Waals surface area contributed by atoms with E-state index in [1.807, 2.05) is 18.2 Å². The molecule has 0 radical (unpaired) electrons. The molecule has 3 unspecified atom stereocenters. The van der Waals surface area contributed by atoms with Gasteiger partial charge in [0.15, 0.2) is 0 Å². The number of nitrogens with two attached hydrogens (primary N) is 1. The Bertz CT molecular complexity index is 831. The minimum absolute atomic E-state index is 0.266. The number of hydrogen-bond donors (Lipinski definition) is 2. The van der Waals surface area contributed by atoms with E-state index < -0.39 is 41.1 Å². The molecule has 7 heteroatoms. The Kier molecular flexibility index (Phi) is 6.79. The number of rotatable bonds is 4. The highest BCUT2D eigenvalue weighted by atomic mass is 16.8. The summed E-state index contributed by atoms with van der Waals surface area (Å²) in [4.78, 5) is 24.7. The van der Waals surface area contributed by atoms with Crippen molar-refractivity contribution in [1.82, 2.24) is 0 Å². The van der Waals surface area contributed by atoms with E-state index in [-0.39, 0.29) is 5.57 Å². The predicted molar refractivity (Wildman–Crippen MR) is 112 cm³/mol. The van der Waals surface area contributed by atoms with Crippen LogP contribution >= 0.6 is 0 Å². The van der Waals surface area contributed by atoms with Crippen molar-refractivity contribution in [3.63, 3.8) is 0 Å². The topological polar surface area (TPSA) is 108 Å². The number of ether oxygens (including phenoxy) is 3. The fraction of sp³-hybridized carbons (Fsp3) is 0.478. The van der Waals surface area contributed by atoms with Gasteiger partial charge < -0.3 is 25.1 Å². The fourth-order valence-electron chi connectivity index (χ4n) is 2.92. The summed E-state index contributed by atoms with van der Waals surface area (Å²) in [6, 6.07) is 7.89. The maximum Gasteiger partial charge on any atom is 0.511 e. The molecule has 0 saturated carbocycles. The minimum Gasteiger partial charge on any atom is -0.459 e. The molecule has 0 amide bonds. The van der Waals surface area contributed by atoms with E-state index >= 15 is 0 Å². The first kappa shape index (κ1) is 23.6. The summed E-state index contributed by atoms with van der Waals surface area (Å²) in [7, 11) is 0. The first-order valence-electron chi connectivity index (χ1n) is 9.79. The first-order valence-corrected chi connectivity index (χ1v) is 9.79. The molecule has 2 rings (SSSR count). The molecule has 0 spiro atoms. The lowest BCUT2D eigenvalue weighted by Crippen LogP contribution is -2.45. The Balaban J connectivity index is 2.37. The highest BCUT2D eigenvalue weighted by molar-refractivity contribution is 5.81. The maximum atomic E-state index is 12.4. The zero-order chi connectivity index (χ0) is 22.7. The van der Waals surface area contributed by atoms with Crippen molar-refractivity contribution in [2.75, 3.05) is 0 Å². The number of esters is 1. The van der Waals surface area contributed by atoms with E-state index in [1.54, 1.807) is 65.8 Å². The van der Waals surface area contributed by atoms with Gasteiger partial charge in [-0.2, -0.15) is 0 Å². The second-order valence-electron chi connectivity index (χ2n) is 9.22. The third-order valence-electron chi connectivity index (χ3n) is 4.12. The van der Waals surface area contributed by atoms with Crippen LogP contribution in [0.25, 0.3) is 0 Å². The molecule has 164 valence electrons. The molecule has 1 aromatic rings. The monoisotopic (exact) mass is 417 g/mol. The van der Waals surface area contributed by atoms with E-state index in [0.717, 1.165) is 0 Å². The van der Waals surface area contributed by atoms with Gasteiger partial charge in [-0.15, -0.1) is 0 Å². The van der Waals surface area contributed by atoms with Gasteiger partial charge in [-0.1, -0.05) is 42.5 Å². The van der Waals surface area contributed by atoms with Gasteiger partial charge in [0.2, 0.25) is 5.79 Å². The van der Waals surface area contributed by atoms with Gasteiger partial charge in [0.1, 0.15) is 17.2 Å². The van der Waals surface area contributed by atoms with Crippen LogP contribution < -0.4 is 5.73 Å². The Labute approximate surface area is 177 Å². The minimum atomic E-state index is -2.10. The molecule has 0 heterocycles. The summed E-state index contributed by atoms with van der Waals surface area (Å²) in [5.74, 6) is -3.48. The molecular formula is C23H31NO6. The van der Waals surface area contributed by atoms with Crippen LogP contribution in [0.5, 0.6) is 0 Å². The Hall–Kier alpha value is -2.64. The normalized spacial score (nSPS) is 22.7. The summed E-state index contributed by atoms with van der Waals surface area (Å²) in [6.07, 6.45) is 3.49. The summed E-state index contributed by atoms with van der Waals surface area (Å²) in [5.41, 5.74) is 5.51.